The van der Waals surface area contributed by atoms with Crippen molar-refractivity contribution in [2.75, 3.05) is 13.1 Å². The van der Waals surface area contributed by atoms with Gasteiger partial charge >= 0.3 is 6.61 Å². The highest BCUT2D eigenvalue weighted by Crippen LogP contribution is 2.43. The van der Waals surface area contributed by atoms with Gasteiger partial charge in [0.2, 0.25) is 10.0 Å². The number of halogens is 2. The molecular formula is C16H19F2NO4S. The van der Waals surface area contributed by atoms with Gasteiger partial charge in [-0.1, -0.05) is 6.07 Å². The lowest BCUT2D eigenvalue weighted by atomic mass is 9.78. The van der Waals surface area contributed by atoms with Gasteiger partial charge in [0.05, 0.1) is 4.90 Å². The summed E-state index contributed by atoms with van der Waals surface area (Å²) in [6, 6.07) is 5.10. The van der Waals surface area contributed by atoms with Crippen LogP contribution in [0.4, 0.5) is 8.78 Å². The second-order valence-corrected chi connectivity index (χ2v) is 8.29. The third-order valence-corrected chi connectivity index (χ3v) is 6.70. The zero-order valence-electron chi connectivity index (χ0n) is 13.1. The Morgan fingerprint density at radius 3 is 2.62 bits per heavy atom. The highest BCUT2D eigenvalue weighted by molar-refractivity contribution is 7.89. The van der Waals surface area contributed by atoms with E-state index in [1.54, 1.807) is 0 Å². The first kappa shape index (κ1) is 17.3. The number of alkyl halides is 2. The number of piperidine rings is 1. The molecule has 1 aliphatic heterocycles. The van der Waals surface area contributed by atoms with E-state index in [0.717, 1.165) is 12.5 Å². The van der Waals surface area contributed by atoms with Crippen LogP contribution in [-0.2, 0) is 14.8 Å². The molecule has 132 valence electrons. The van der Waals surface area contributed by atoms with Crippen LogP contribution in [0.3, 0.4) is 0 Å². The molecule has 2 aliphatic rings. The van der Waals surface area contributed by atoms with E-state index in [9.17, 15) is 22.0 Å². The van der Waals surface area contributed by atoms with Gasteiger partial charge < -0.3 is 4.74 Å². The van der Waals surface area contributed by atoms with Crippen molar-refractivity contribution < 1.29 is 26.7 Å². The fourth-order valence-corrected chi connectivity index (χ4v) is 5.28. The summed E-state index contributed by atoms with van der Waals surface area (Å²) in [5.74, 6) is -0.0630. The Balaban J connectivity index is 1.86. The van der Waals surface area contributed by atoms with Gasteiger partial charge in [-0.2, -0.15) is 13.1 Å². The average Bonchev–Trinajstić information content (AvgIpc) is 2.87. The summed E-state index contributed by atoms with van der Waals surface area (Å²) < 4.78 is 55.9. The molecule has 1 saturated carbocycles. The van der Waals surface area contributed by atoms with Crippen molar-refractivity contribution in [3.8, 4) is 5.75 Å². The number of hydrogen-bond donors (Lipinski definition) is 0. The number of nitrogens with zero attached hydrogens (tertiary/aromatic N) is 1. The van der Waals surface area contributed by atoms with Crippen molar-refractivity contribution in [2.45, 2.75) is 43.6 Å². The molecule has 24 heavy (non-hydrogen) atoms. The van der Waals surface area contributed by atoms with Crippen molar-refractivity contribution in [2.24, 2.45) is 5.41 Å². The number of sulfonamides is 1. The minimum Gasteiger partial charge on any atom is -0.435 e. The van der Waals surface area contributed by atoms with Crippen LogP contribution in [0.5, 0.6) is 5.75 Å². The van der Waals surface area contributed by atoms with E-state index in [4.69, 9.17) is 0 Å². The van der Waals surface area contributed by atoms with E-state index in [2.05, 4.69) is 4.74 Å². The van der Waals surface area contributed by atoms with Crippen LogP contribution in [0.25, 0.3) is 0 Å². The predicted molar refractivity (Wildman–Crippen MR) is 82.4 cm³/mol. The van der Waals surface area contributed by atoms with Gasteiger partial charge in [-0.05, 0) is 37.8 Å². The Morgan fingerprint density at radius 2 is 1.96 bits per heavy atom. The number of Topliss-reactive ketones (excluding diaryl/α,β-unsaturated/α-hetero) is 1. The van der Waals surface area contributed by atoms with Gasteiger partial charge in [0.1, 0.15) is 11.5 Å². The minimum absolute atomic E-state index is 0.0943. The molecular weight excluding hydrogens is 340 g/mol. The Morgan fingerprint density at radius 1 is 1.21 bits per heavy atom. The first-order chi connectivity index (χ1) is 11.3. The molecule has 1 aliphatic carbocycles. The third-order valence-electron chi connectivity index (χ3n) is 4.86. The van der Waals surface area contributed by atoms with Crippen LogP contribution in [0.15, 0.2) is 29.2 Å². The first-order valence-electron chi connectivity index (χ1n) is 7.92. The molecule has 2 fully saturated rings. The monoisotopic (exact) mass is 359 g/mol. The molecule has 0 amide bonds. The molecule has 0 aromatic heterocycles. The number of ketones is 1. The molecule has 0 N–H and O–H groups in total. The van der Waals surface area contributed by atoms with Crippen molar-refractivity contribution in [3.05, 3.63) is 24.3 Å². The van der Waals surface area contributed by atoms with Crippen LogP contribution in [0.2, 0.25) is 0 Å². The van der Waals surface area contributed by atoms with Gasteiger partial charge in [0, 0.05) is 31.0 Å². The minimum atomic E-state index is -3.85. The fourth-order valence-electron chi connectivity index (χ4n) is 3.68. The number of ether oxygens (including phenoxy) is 1. The summed E-state index contributed by atoms with van der Waals surface area (Å²) in [5, 5.41) is 0. The smallest absolute Gasteiger partial charge is 0.387 e. The molecule has 5 nitrogen and oxygen atoms in total. The fraction of sp³-hybridized carbons (Fsp3) is 0.562. The molecule has 0 bridgehead atoms. The molecule has 8 heteroatoms. The highest BCUT2D eigenvalue weighted by atomic mass is 32.2. The third kappa shape index (κ3) is 3.17. The van der Waals surface area contributed by atoms with Gasteiger partial charge in [0.25, 0.3) is 0 Å². The quantitative estimate of drug-likeness (QED) is 0.829. The Bertz CT molecular complexity index is 737. The summed E-state index contributed by atoms with van der Waals surface area (Å²) in [5.41, 5.74) is -0.567. The zero-order chi connectivity index (χ0) is 17.4. The second kappa shape index (κ2) is 6.40. The van der Waals surface area contributed by atoms with Crippen molar-refractivity contribution in [3.63, 3.8) is 0 Å². The van der Waals surface area contributed by atoms with Crippen molar-refractivity contribution in [1.29, 1.82) is 0 Å². The van der Waals surface area contributed by atoms with Crippen molar-refractivity contribution in [1.82, 2.24) is 4.31 Å². The maximum Gasteiger partial charge on any atom is 0.387 e. The summed E-state index contributed by atoms with van der Waals surface area (Å²) in [4.78, 5) is 12.1. The predicted octanol–water partition coefficient (Wildman–Crippen LogP) is 2.81. The maximum absolute atomic E-state index is 12.8. The molecule has 1 spiro atoms. The van der Waals surface area contributed by atoms with Crippen LogP contribution in [0.1, 0.15) is 32.1 Å². The number of hydrogen-bond acceptors (Lipinski definition) is 4. The van der Waals surface area contributed by atoms with E-state index >= 15 is 0 Å². The Labute approximate surface area is 139 Å². The molecule has 1 unspecified atom stereocenters. The summed E-state index contributed by atoms with van der Waals surface area (Å²) in [6.45, 7) is -2.51. The summed E-state index contributed by atoms with van der Waals surface area (Å²) in [7, 11) is -3.85. The molecule has 1 heterocycles. The normalized spacial score (nSPS) is 25.5. The molecule has 1 aromatic carbocycles. The van der Waals surface area contributed by atoms with E-state index in [1.165, 1.54) is 22.5 Å². The molecule has 1 aromatic rings. The Kier molecular flexibility index (Phi) is 4.61. The maximum atomic E-state index is 12.8. The SMILES string of the molecule is O=C1CCCC12CCCN(S(=O)(=O)c1cccc(OC(F)F)c1)C2. The molecule has 0 radical (unpaired) electrons. The summed E-state index contributed by atoms with van der Waals surface area (Å²) in [6.07, 6.45) is 3.35. The number of rotatable bonds is 4. The number of carbonyl (C=O) groups is 1. The Hall–Kier alpha value is -1.54. The largest absolute Gasteiger partial charge is 0.435 e. The van der Waals surface area contributed by atoms with Gasteiger partial charge in [-0.15, -0.1) is 0 Å². The van der Waals surface area contributed by atoms with E-state index < -0.39 is 22.0 Å². The number of carbonyl (C=O) groups excluding carboxylic acids is 1. The lowest BCUT2D eigenvalue weighted by Crippen LogP contribution is -2.47. The van der Waals surface area contributed by atoms with E-state index in [1.807, 2.05) is 0 Å². The van der Waals surface area contributed by atoms with Crippen LogP contribution in [-0.4, -0.2) is 38.2 Å². The van der Waals surface area contributed by atoms with Gasteiger partial charge in [0.15, 0.2) is 0 Å². The molecule has 1 saturated heterocycles. The number of benzene rings is 1. The van der Waals surface area contributed by atoms with Gasteiger partial charge in [-0.25, -0.2) is 8.42 Å². The first-order valence-corrected chi connectivity index (χ1v) is 9.36. The lowest BCUT2D eigenvalue weighted by Gasteiger charge is -2.38. The van der Waals surface area contributed by atoms with Crippen LogP contribution < -0.4 is 4.74 Å². The zero-order valence-corrected chi connectivity index (χ0v) is 13.9. The van der Waals surface area contributed by atoms with Crippen LogP contribution >= 0.6 is 0 Å². The summed E-state index contributed by atoms with van der Waals surface area (Å²) >= 11 is 0. The van der Waals surface area contributed by atoms with Gasteiger partial charge in [-0.3, -0.25) is 4.79 Å². The lowest BCUT2D eigenvalue weighted by molar-refractivity contribution is -0.127. The molecule has 1 atom stereocenters. The van der Waals surface area contributed by atoms with E-state index in [0.29, 0.717) is 32.2 Å². The standard InChI is InChI=1S/C16H19F2NO4S/c17-15(18)23-12-4-1-5-13(10-12)24(21,22)19-9-3-8-16(11-19)7-2-6-14(16)20/h1,4-5,10,15H,2-3,6-9,11H2. The van der Waals surface area contributed by atoms with E-state index in [-0.39, 0.29) is 23.0 Å². The second-order valence-electron chi connectivity index (χ2n) is 6.35. The van der Waals surface area contributed by atoms with Crippen LogP contribution in [0, 0.1) is 5.41 Å². The average molecular weight is 359 g/mol. The highest BCUT2D eigenvalue weighted by Gasteiger charge is 2.47. The van der Waals surface area contributed by atoms with Crippen molar-refractivity contribution >= 4 is 15.8 Å². The topological polar surface area (TPSA) is 63.7 Å². The molecule has 3 rings (SSSR count).